The van der Waals surface area contributed by atoms with E-state index in [2.05, 4.69) is 23.8 Å². The van der Waals surface area contributed by atoms with Crippen molar-refractivity contribution >= 4 is 6.29 Å². The van der Waals surface area contributed by atoms with Crippen LogP contribution in [0.25, 0.3) is 11.3 Å². The van der Waals surface area contributed by atoms with Gasteiger partial charge in [0, 0.05) is 16.8 Å². The van der Waals surface area contributed by atoms with E-state index in [0.29, 0.717) is 11.5 Å². The Balaban J connectivity index is 2.63. The number of hydrogen-bond acceptors (Lipinski definition) is 2. The molecule has 0 aliphatic heterocycles. The second-order valence-corrected chi connectivity index (χ2v) is 4.44. The first-order valence-electron chi connectivity index (χ1n) is 5.74. The zero-order valence-electron chi connectivity index (χ0n) is 10.3. The van der Waals surface area contributed by atoms with Crippen LogP contribution in [-0.4, -0.2) is 16.3 Å². The van der Waals surface area contributed by atoms with Gasteiger partial charge in [0.15, 0.2) is 6.29 Å². The van der Waals surface area contributed by atoms with Crippen molar-refractivity contribution in [2.24, 2.45) is 0 Å². The molecule has 1 N–H and O–H groups in total. The molecule has 0 aliphatic carbocycles. The van der Waals surface area contributed by atoms with Gasteiger partial charge in [-0.2, -0.15) is 0 Å². The average Bonchev–Trinajstić information content (AvgIpc) is 2.71. The Morgan fingerprint density at radius 1 is 1.29 bits per heavy atom. The number of H-pyrrole nitrogens is 1. The maximum Gasteiger partial charge on any atom is 0.150 e. The Morgan fingerprint density at radius 2 is 2.00 bits per heavy atom. The lowest BCUT2D eigenvalue weighted by molar-refractivity contribution is 0.112. The molecule has 88 valence electrons. The fourth-order valence-corrected chi connectivity index (χ4v) is 1.95. The van der Waals surface area contributed by atoms with Crippen molar-refractivity contribution in [3.63, 3.8) is 0 Å². The molecule has 0 saturated carbocycles. The number of imidazole rings is 1. The van der Waals surface area contributed by atoms with Crippen LogP contribution in [0.2, 0.25) is 0 Å². The van der Waals surface area contributed by atoms with Crippen LogP contribution in [0.3, 0.4) is 0 Å². The van der Waals surface area contributed by atoms with Crippen molar-refractivity contribution in [3.8, 4) is 11.3 Å². The van der Waals surface area contributed by atoms with E-state index in [-0.39, 0.29) is 0 Å². The van der Waals surface area contributed by atoms with E-state index in [1.807, 2.05) is 31.2 Å². The fourth-order valence-electron chi connectivity index (χ4n) is 1.95. The molecule has 3 nitrogen and oxygen atoms in total. The normalized spacial score (nSPS) is 10.8. The maximum atomic E-state index is 11.1. The first-order chi connectivity index (χ1) is 8.13. The molecule has 2 aromatic rings. The van der Waals surface area contributed by atoms with E-state index in [9.17, 15) is 4.79 Å². The summed E-state index contributed by atoms with van der Waals surface area (Å²) in [6.45, 7) is 6.15. The SMILES string of the molecule is Cc1nc(-c2ccccc2C=O)c(C(C)C)[nH]1. The van der Waals surface area contributed by atoms with E-state index in [4.69, 9.17) is 0 Å². The van der Waals surface area contributed by atoms with Crippen molar-refractivity contribution in [1.29, 1.82) is 0 Å². The van der Waals surface area contributed by atoms with Crippen LogP contribution < -0.4 is 0 Å². The first-order valence-corrected chi connectivity index (χ1v) is 5.74. The molecule has 2 rings (SSSR count). The number of nitrogens with one attached hydrogen (secondary N) is 1. The van der Waals surface area contributed by atoms with Gasteiger partial charge in [0.25, 0.3) is 0 Å². The highest BCUT2D eigenvalue weighted by Gasteiger charge is 2.15. The number of aldehydes is 1. The van der Waals surface area contributed by atoms with E-state index in [1.165, 1.54) is 0 Å². The monoisotopic (exact) mass is 228 g/mol. The van der Waals surface area contributed by atoms with E-state index < -0.39 is 0 Å². The van der Waals surface area contributed by atoms with Gasteiger partial charge in [-0.3, -0.25) is 4.79 Å². The van der Waals surface area contributed by atoms with Gasteiger partial charge >= 0.3 is 0 Å². The van der Waals surface area contributed by atoms with Crippen LogP contribution in [0.15, 0.2) is 24.3 Å². The van der Waals surface area contributed by atoms with E-state index >= 15 is 0 Å². The Labute approximate surface area is 101 Å². The van der Waals surface area contributed by atoms with Gasteiger partial charge in [0.1, 0.15) is 5.82 Å². The largest absolute Gasteiger partial charge is 0.345 e. The minimum atomic E-state index is 0.353. The van der Waals surface area contributed by atoms with Crippen LogP contribution in [0.1, 0.15) is 41.6 Å². The molecule has 1 aromatic carbocycles. The molecule has 0 amide bonds. The number of aromatic nitrogens is 2. The van der Waals surface area contributed by atoms with Crippen LogP contribution in [0.4, 0.5) is 0 Å². The standard InChI is InChI=1S/C14H16N2O/c1-9(2)13-14(16-10(3)15-13)12-7-5-4-6-11(12)8-17/h4-9H,1-3H3,(H,15,16). The van der Waals surface area contributed by atoms with E-state index in [0.717, 1.165) is 29.1 Å². The van der Waals surface area contributed by atoms with Gasteiger partial charge in [-0.1, -0.05) is 38.1 Å². The molecule has 0 aliphatic rings. The van der Waals surface area contributed by atoms with Gasteiger partial charge in [-0.15, -0.1) is 0 Å². The van der Waals surface area contributed by atoms with E-state index in [1.54, 1.807) is 0 Å². The number of rotatable bonds is 3. The predicted octanol–water partition coefficient (Wildman–Crippen LogP) is 3.32. The summed E-state index contributed by atoms with van der Waals surface area (Å²) in [6.07, 6.45) is 0.878. The van der Waals surface area contributed by atoms with Crippen molar-refractivity contribution in [3.05, 3.63) is 41.3 Å². The summed E-state index contributed by atoms with van der Waals surface area (Å²) in [5.74, 6) is 1.23. The summed E-state index contributed by atoms with van der Waals surface area (Å²) in [7, 11) is 0. The molecule has 1 aromatic heterocycles. The van der Waals surface area contributed by atoms with Crippen LogP contribution in [0.5, 0.6) is 0 Å². The second kappa shape index (κ2) is 4.53. The van der Waals surface area contributed by atoms with Crippen molar-refractivity contribution < 1.29 is 4.79 Å². The molecular weight excluding hydrogens is 212 g/mol. The summed E-state index contributed by atoms with van der Waals surface area (Å²) < 4.78 is 0. The highest BCUT2D eigenvalue weighted by molar-refractivity contribution is 5.87. The lowest BCUT2D eigenvalue weighted by atomic mass is 10.00. The number of aromatic amines is 1. The molecule has 0 saturated heterocycles. The molecule has 0 spiro atoms. The predicted molar refractivity (Wildman–Crippen MR) is 68.2 cm³/mol. The topological polar surface area (TPSA) is 45.8 Å². The summed E-state index contributed by atoms with van der Waals surface area (Å²) in [5.41, 5.74) is 3.55. The van der Waals surface area contributed by atoms with Crippen LogP contribution >= 0.6 is 0 Å². The molecule has 3 heteroatoms. The summed E-state index contributed by atoms with van der Waals surface area (Å²) in [5, 5.41) is 0. The summed E-state index contributed by atoms with van der Waals surface area (Å²) in [4.78, 5) is 18.8. The Kier molecular flexibility index (Phi) is 3.09. The molecule has 0 unspecified atom stereocenters. The minimum absolute atomic E-state index is 0.353. The van der Waals surface area contributed by atoms with Gasteiger partial charge in [-0.25, -0.2) is 4.98 Å². The lowest BCUT2D eigenvalue weighted by Crippen LogP contribution is -1.94. The quantitative estimate of drug-likeness (QED) is 0.819. The molecule has 17 heavy (non-hydrogen) atoms. The third-order valence-electron chi connectivity index (χ3n) is 2.77. The number of nitrogens with zero attached hydrogens (tertiary/aromatic N) is 1. The summed E-state index contributed by atoms with van der Waals surface area (Å²) in [6, 6.07) is 7.54. The van der Waals surface area contributed by atoms with Crippen molar-refractivity contribution in [2.45, 2.75) is 26.7 Å². The highest BCUT2D eigenvalue weighted by Crippen LogP contribution is 2.28. The smallest absolute Gasteiger partial charge is 0.150 e. The molecule has 1 heterocycles. The Hall–Kier alpha value is -1.90. The Bertz CT molecular complexity index is 541. The minimum Gasteiger partial charge on any atom is -0.345 e. The molecule has 0 radical (unpaired) electrons. The molecule has 0 fully saturated rings. The number of carbonyl (C=O) groups excluding carboxylic acids is 1. The number of carbonyl (C=O) groups is 1. The fraction of sp³-hybridized carbons (Fsp3) is 0.286. The highest BCUT2D eigenvalue weighted by atomic mass is 16.1. The zero-order chi connectivity index (χ0) is 12.4. The second-order valence-electron chi connectivity index (χ2n) is 4.44. The number of benzene rings is 1. The summed E-state index contributed by atoms with van der Waals surface area (Å²) >= 11 is 0. The van der Waals surface area contributed by atoms with Gasteiger partial charge in [0.05, 0.1) is 5.69 Å². The zero-order valence-corrected chi connectivity index (χ0v) is 10.3. The first kappa shape index (κ1) is 11.6. The van der Waals surface area contributed by atoms with Gasteiger partial charge in [0.2, 0.25) is 0 Å². The average molecular weight is 228 g/mol. The van der Waals surface area contributed by atoms with Crippen LogP contribution in [0, 0.1) is 6.92 Å². The van der Waals surface area contributed by atoms with Crippen molar-refractivity contribution in [1.82, 2.24) is 9.97 Å². The van der Waals surface area contributed by atoms with Gasteiger partial charge in [-0.05, 0) is 12.8 Å². The Morgan fingerprint density at radius 3 is 2.65 bits per heavy atom. The number of hydrogen-bond donors (Lipinski definition) is 1. The third kappa shape index (κ3) is 2.13. The number of aryl methyl sites for hydroxylation is 1. The lowest BCUT2D eigenvalue weighted by Gasteiger charge is -2.07. The molecule has 0 bridgehead atoms. The molecular formula is C14H16N2O. The van der Waals surface area contributed by atoms with Crippen LogP contribution in [-0.2, 0) is 0 Å². The van der Waals surface area contributed by atoms with Crippen molar-refractivity contribution in [2.75, 3.05) is 0 Å². The molecule has 0 atom stereocenters. The maximum absolute atomic E-state index is 11.1. The van der Waals surface area contributed by atoms with Gasteiger partial charge < -0.3 is 4.98 Å². The third-order valence-corrected chi connectivity index (χ3v) is 2.77.